The first-order chi connectivity index (χ1) is 16.3. The van der Waals surface area contributed by atoms with Gasteiger partial charge in [0.15, 0.2) is 5.60 Å². The Kier molecular flexibility index (Phi) is 9.85. The van der Waals surface area contributed by atoms with E-state index in [1.807, 2.05) is 6.07 Å². The molecule has 2 aromatic carbocycles. The van der Waals surface area contributed by atoms with Crippen molar-refractivity contribution in [3.8, 4) is 5.75 Å². The summed E-state index contributed by atoms with van der Waals surface area (Å²) in [7, 11) is -8.13. The molecule has 0 spiro atoms. The summed E-state index contributed by atoms with van der Waals surface area (Å²) in [4.78, 5) is 12.3. The lowest BCUT2D eigenvalue weighted by Crippen LogP contribution is -2.55. The molecule has 1 N–H and O–H groups in total. The van der Waals surface area contributed by atoms with Crippen LogP contribution in [0.5, 0.6) is 5.75 Å². The molecule has 0 heterocycles. The van der Waals surface area contributed by atoms with Crippen molar-refractivity contribution < 1.29 is 39.8 Å². The molecule has 0 saturated carbocycles. The van der Waals surface area contributed by atoms with E-state index in [1.54, 1.807) is 63.2 Å². The number of aliphatic carboxylic acids is 1. The van der Waals surface area contributed by atoms with E-state index in [-0.39, 0.29) is 25.2 Å². The predicted molar refractivity (Wildman–Crippen MR) is 131 cm³/mol. The Morgan fingerprint density at radius 1 is 0.886 bits per heavy atom. The molecule has 0 aromatic heterocycles. The average molecular weight is 529 g/mol. The van der Waals surface area contributed by atoms with E-state index in [1.165, 1.54) is 12.1 Å². The van der Waals surface area contributed by atoms with Crippen molar-refractivity contribution >= 4 is 26.2 Å². The van der Waals surface area contributed by atoms with Gasteiger partial charge in [0.05, 0.1) is 24.7 Å². The summed E-state index contributed by atoms with van der Waals surface area (Å²) in [5, 5.41) is 10.0. The number of benzene rings is 2. The molecule has 0 aliphatic carbocycles. The molecule has 194 valence electrons. The highest BCUT2D eigenvalue weighted by Gasteiger charge is 2.52. The molecule has 0 aliphatic rings. The fraction of sp³-hybridized carbons (Fsp3) is 0.458. The Hall–Kier alpha value is -2.47. The Balaban J connectivity index is 1.99. The number of ether oxygens (including phenoxy) is 1. The van der Waals surface area contributed by atoms with Crippen LogP contribution in [-0.2, 0) is 40.6 Å². The summed E-state index contributed by atoms with van der Waals surface area (Å²) < 4.78 is 65.0. The monoisotopic (exact) mass is 528 g/mol. The topological polar surface area (TPSA) is 133 Å². The zero-order valence-corrected chi connectivity index (χ0v) is 21.7. The van der Waals surface area contributed by atoms with E-state index in [4.69, 9.17) is 13.1 Å². The van der Waals surface area contributed by atoms with E-state index in [0.717, 1.165) is 5.56 Å². The van der Waals surface area contributed by atoms with Crippen LogP contribution in [0.25, 0.3) is 0 Å². The van der Waals surface area contributed by atoms with Gasteiger partial charge in [0.25, 0.3) is 10.1 Å². The van der Waals surface area contributed by atoms with Gasteiger partial charge in [0.1, 0.15) is 5.75 Å². The predicted octanol–water partition coefficient (Wildman–Crippen LogP) is 3.61. The Morgan fingerprint density at radius 2 is 1.43 bits per heavy atom. The number of rotatable bonds is 15. The summed E-state index contributed by atoms with van der Waals surface area (Å²) in [6, 6.07) is 16.9. The third-order valence-electron chi connectivity index (χ3n) is 5.62. The van der Waals surface area contributed by atoms with Crippen LogP contribution in [0.3, 0.4) is 0 Å². The maximum atomic E-state index is 12.4. The van der Waals surface area contributed by atoms with Crippen LogP contribution in [0, 0.1) is 5.41 Å². The summed E-state index contributed by atoms with van der Waals surface area (Å²) >= 11 is 0. The first-order valence-corrected chi connectivity index (χ1v) is 14.2. The number of hydrogen-bond acceptors (Lipinski definition) is 8. The van der Waals surface area contributed by atoms with Crippen molar-refractivity contribution in [2.45, 2.75) is 45.8 Å². The number of carbonyl (C=O) groups is 1. The van der Waals surface area contributed by atoms with Crippen molar-refractivity contribution in [2.75, 3.05) is 18.1 Å². The molecule has 9 nitrogen and oxygen atoms in total. The Labute approximate surface area is 207 Å². The van der Waals surface area contributed by atoms with Gasteiger partial charge in [-0.3, -0.25) is 4.18 Å². The number of para-hydroxylation sites is 1. The van der Waals surface area contributed by atoms with Crippen LogP contribution in [0.1, 0.15) is 39.2 Å². The number of carboxylic acid groups (broad SMARTS) is 1. The van der Waals surface area contributed by atoms with Crippen LogP contribution in [0.4, 0.5) is 0 Å². The molecule has 0 bridgehead atoms. The normalized spacial score (nSPS) is 14.3. The molecule has 1 atom stereocenters. The quantitative estimate of drug-likeness (QED) is 0.344. The number of hydrogen-bond donors (Lipinski definition) is 1. The van der Waals surface area contributed by atoms with E-state index in [0.29, 0.717) is 0 Å². The zero-order chi connectivity index (χ0) is 26.2. The minimum Gasteiger partial charge on any atom is -0.479 e. The molecule has 0 unspecified atom stereocenters. The highest BCUT2D eigenvalue weighted by atomic mass is 32.2. The molecule has 2 aromatic rings. The van der Waals surface area contributed by atoms with Gasteiger partial charge in [0, 0.05) is 5.41 Å². The molecule has 0 radical (unpaired) electrons. The van der Waals surface area contributed by atoms with Crippen LogP contribution in [0.15, 0.2) is 60.7 Å². The Bertz CT molecular complexity index is 1160. The average Bonchev–Trinajstić information content (AvgIpc) is 2.79. The van der Waals surface area contributed by atoms with Crippen molar-refractivity contribution in [2.24, 2.45) is 5.41 Å². The lowest BCUT2D eigenvalue weighted by atomic mass is 9.73. The van der Waals surface area contributed by atoms with Crippen LogP contribution < -0.4 is 4.18 Å². The molecule has 0 fully saturated rings. The van der Waals surface area contributed by atoms with E-state index >= 15 is 0 Å². The Morgan fingerprint density at radius 3 is 1.97 bits per heavy atom. The van der Waals surface area contributed by atoms with Gasteiger partial charge in [0.2, 0.25) is 0 Å². The highest BCUT2D eigenvalue weighted by molar-refractivity contribution is 7.87. The van der Waals surface area contributed by atoms with Gasteiger partial charge in [-0.15, -0.1) is 0 Å². The summed E-state index contributed by atoms with van der Waals surface area (Å²) in [5.74, 6) is -2.20. The first kappa shape index (κ1) is 28.8. The van der Waals surface area contributed by atoms with Gasteiger partial charge < -0.3 is 14.0 Å². The minimum atomic E-state index is -4.14. The third-order valence-corrected chi connectivity index (χ3v) is 8.12. The summed E-state index contributed by atoms with van der Waals surface area (Å²) in [5.41, 5.74) is -2.18. The lowest BCUT2D eigenvalue weighted by Gasteiger charge is -2.42. The fourth-order valence-electron chi connectivity index (χ4n) is 3.55. The van der Waals surface area contributed by atoms with Gasteiger partial charge in [-0.2, -0.15) is 16.8 Å². The van der Waals surface area contributed by atoms with Crippen molar-refractivity contribution in [3.05, 3.63) is 66.2 Å². The smallest absolute Gasteiger partial charge is 0.336 e. The summed E-state index contributed by atoms with van der Waals surface area (Å²) in [6.07, 6.45) is -0.180. The largest absolute Gasteiger partial charge is 0.479 e. The van der Waals surface area contributed by atoms with Gasteiger partial charge in [-0.05, 0) is 30.5 Å². The second-order valence-electron chi connectivity index (χ2n) is 8.68. The van der Waals surface area contributed by atoms with E-state index in [9.17, 15) is 26.7 Å². The van der Waals surface area contributed by atoms with Crippen molar-refractivity contribution in [1.82, 2.24) is 0 Å². The zero-order valence-electron chi connectivity index (χ0n) is 20.0. The standard InChI is InChI=1S/C24H32O9S2/c1-4-24(22(25)26,31-18-20-12-7-5-8-13-20)23(2,3)19-32-34(27,28)16-11-17-35(29,30)33-21-14-9-6-10-15-21/h5-10,12-15H,4,11,16-19H2,1-3H3,(H,25,26)/t24-/m1/s1. The minimum absolute atomic E-state index is 0.0242. The molecule has 11 heteroatoms. The van der Waals surface area contributed by atoms with E-state index in [2.05, 4.69) is 0 Å². The van der Waals surface area contributed by atoms with Gasteiger partial charge >= 0.3 is 16.1 Å². The first-order valence-electron chi connectivity index (χ1n) is 11.1. The summed E-state index contributed by atoms with van der Waals surface area (Å²) in [6.45, 7) is 4.33. The molecule has 0 saturated heterocycles. The highest BCUT2D eigenvalue weighted by Crippen LogP contribution is 2.39. The molecule has 2 rings (SSSR count). The molecule has 0 aliphatic heterocycles. The molecule has 35 heavy (non-hydrogen) atoms. The fourth-order valence-corrected chi connectivity index (χ4v) is 5.81. The van der Waals surface area contributed by atoms with Crippen LogP contribution in [-0.4, -0.2) is 51.6 Å². The molecular formula is C24H32O9S2. The van der Waals surface area contributed by atoms with Crippen LogP contribution >= 0.6 is 0 Å². The van der Waals surface area contributed by atoms with Crippen molar-refractivity contribution in [3.63, 3.8) is 0 Å². The molecule has 0 amide bonds. The lowest BCUT2D eigenvalue weighted by molar-refractivity contribution is -0.193. The second-order valence-corrected chi connectivity index (χ2v) is 12.1. The van der Waals surface area contributed by atoms with Gasteiger partial charge in [-0.1, -0.05) is 69.3 Å². The third kappa shape index (κ3) is 8.31. The number of carboxylic acids is 1. The second kappa shape index (κ2) is 12.0. The maximum Gasteiger partial charge on any atom is 0.336 e. The SMILES string of the molecule is CC[C@@](OCc1ccccc1)(C(=O)O)C(C)(C)COS(=O)(=O)CCCS(=O)(=O)Oc1ccccc1. The van der Waals surface area contributed by atoms with Crippen molar-refractivity contribution in [1.29, 1.82) is 0 Å². The molecular weight excluding hydrogens is 496 g/mol. The van der Waals surface area contributed by atoms with Gasteiger partial charge in [-0.25, -0.2) is 4.79 Å². The van der Waals surface area contributed by atoms with E-state index < -0.39 is 55.3 Å². The maximum absolute atomic E-state index is 12.4. The van der Waals surface area contributed by atoms with Crippen LogP contribution in [0.2, 0.25) is 0 Å².